The van der Waals surface area contributed by atoms with Gasteiger partial charge in [0.2, 0.25) is 0 Å². The number of esters is 1. The molecule has 1 aliphatic heterocycles. The van der Waals surface area contributed by atoms with Crippen LogP contribution in [0.25, 0.3) is 11.0 Å². The summed E-state index contributed by atoms with van der Waals surface area (Å²) < 4.78 is 9.61. The number of hydrogen-bond acceptors (Lipinski definition) is 7. The van der Waals surface area contributed by atoms with Gasteiger partial charge in [-0.05, 0) is 35.8 Å². The standard InChI is InChI=1S/C16H15N3O5/c1-7-11(15(20)21)13(12(8(2)17-7)16(22)23-3)9-5-4-6-10-14(9)19-24-18-10/h4-6,13,17H,1-3H3,(H,20,21)/t13-/m0/s1. The first kappa shape index (κ1) is 15.7. The van der Waals surface area contributed by atoms with Crippen LogP contribution < -0.4 is 5.32 Å². The third-order valence-electron chi connectivity index (χ3n) is 4.02. The van der Waals surface area contributed by atoms with Crippen LogP contribution in [0.15, 0.2) is 45.4 Å². The van der Waals surface area contributed by atoms with Crippen molar-refractivity contribution in [3.05, 3.63) is 46.3 Å². The molecule has 1 atom stereocenters. The Hall–Kier alpha value is -3.16. The minimum Gasteiger partial charge on any atom is -0.478 e. The summed E-state index contributed by atoms with van der Waals surface area (Å²) in [6.45, 7) is 3.35. The van der Waals surface area contributed by atoms with E-state index >= 15 is 0 Å². The van der Waals surface area contributed by atoms with Crippen molar-refractivity contribution in [3.8, 4) is 0 Å². The summed E-state index contributed by atoms with van der Waals surface area (Å²) in [5.74, 6) is -2.58. The maximum absolute atomic E-state index is 12.3. The summed E-state index contributed by atoms with van der Waals surface area (Å²) in [6.07, 6.45) is 0. The molecule has 0 radical (unpaired) electrons. The lowest BCUT2D eigenvalue weighted by Crippen LogP contribution is -2.31. The number of aromatic nitrogens is 2. The summed E-state index contributed by atoms with van der Waals surface area (Å²) in [4.78, 5) is 24.2. The summed E-state index contributed by atoms with van der Waals surface area (Å²) in [5, 5.41) is 20.3. The highest BCUT2D eigenvalue weighted by Crippen LogP contribution is 2.40. The van der Waals surface area contributed by atoms with E-state index in [1.54, 1.807) is 32.0 Å². The Labute approximate surface area is 136 Å². The van der Waals surface area contributed by atoms with E-state index in [2.05, 4.69) is 15.6 Å². The first-order valence-corrected chi connectivity index (χ1v) is 7.17. The lowest BCUT2D eigenvalue weighted by Gasteiger charge is -2.29. The minimum atomic E-state index is -1.13. The van der Waals surface area contributed by atoms with Crippen molar-refractivity contribution in [2.45, 2.75) is 19.8 Å². The molecule has 1 aromatic carbocycles. The van der Waals surface area contributed by atoms with Crippen LogP contribution in [0.1, 0.15) is 25.3 Å². The predicted octanol–water partition coefficient (Wildman–Crippen LogP) is 1.72. The lowest BCUT2D eigenvalue weighted by atomic mass is 9.80. The zero-order valence-electron chi connectivity index (χ0n) is 13.3. The first-order chi connectivity index (χ1) is 11.5. The first-order valence-electron chi connectivity index (χ1n) is 7.17. The topological polar surface area (TPSA) is 115 Å². The van der Waals surface area contributed by atoms with Gasteiger partial charge in [-0.25, -0.2) is 14.2 Å². The van der Waals surface area contributed by atoms with Crippen molar-refractivity contribution in [2.75, 3.05) is 7.11 Å². The number of benzene rings is 1. The second-order valence-corrected chi connectivity index (χ2v) is 5.41. The molecule has 124 valence electrons. The van der Waals surface area contributed by atoms with Crippen LogP contribution >= 0.6 is 0 Å². The zero-order valence-corrected chi connectivity index (χ0v) is 13.3. The van der Waals surface area contributed by atoms with E-state index in [0.717, 1.165) is 0 Å². The molecule has 0 saturated heterocycles. The van der Waals surface area contributed by atoms with Crippen LogP contribution in [-0.2, 0) is 14.3 Å². The fourth-order valence-electron chi connectivity index (χ4n) is 3.03. The van der Waals surface area contributed by atoms with E-state index in [-0.39, 0.29) is 11.1 Å². The number of nitrogens with zero attached hydrogens (tertiary/aromatic N) is 2. The van der Waals surface area contributed by atoms with E-state index < -0.39 is 17.9 Å². The maximum Gasteiger partial charge on any atom is 0.336 e. The van der Waals surface area contributed by atoms with Crippen LogP contribution in [0, 0.1) is 0 Å². The average Bonchev–Trinajstić information content (AvgIpc) is 3.01. The van der Waals surface area contributed by atoms with E-state index in [1.807, 2.05) is 0 Å². The fourth-order valence-corrected chi connectivity index (χ4v) is 3.03. The van der Waals surface area contributed by atoms with E-state index in [0.29, 0.717) is 28.0 Å². The number of rotatable bonds is 3. The van der Waals surface area contributed by atoms with Gasteiger partial charge in [0.05, 0.1) is 24.2 Å². The Morgan fingerprint density at radius 1 is 1.21 bits per heavy atom. The molecule has 8 heteroatoms. The van der Waals surface area contributed by atoms with Gasteiger partial charge in [0.15, 0.2) is 0 Å². The van der Waals surface area contributed by atoms with Gasteiger partial charge in [-0.15, -0.1) is 0 Å². The number of nitrogens with one attached hydrogen (secondary N) is 1. The molecule has 0 amide bonds. The molecule has 2 N–H and O–H groups in total. The number of carbonyl (C=O) groups is 2. The van der Waals surface area contributed by atoms with E-state index in [9.17, 15) is 14.7 Å². The van der Waals surface area contributed by atoms with Crippen LogP contribution in [0.3, 0.4) is 0 Å². The quantitative estimate of drug-likeness (QED) is 0.818. The third kappa shape index (κ3) is 2.32. The number of carbonyl (C=O) groups excluding carboxylic acids is 1. The smallest absolute Gasteiger partial charge is 0.336 e. The van der Waals surface area contributed by atoms with Crippen molar-refractivity contribution in [3.63, 3.8) is 0 Å². The van der Waals surface area contributed by atoms with E-state index in [4.69, 9.17) is 9.37 Å². The highest BCUT2D eigenvalue weighted by Gasteiger charge is 2.38. The SMILES string of the molecule is COC(=O)C1=C(C)NC(C)=C(C(=O)O)[C@@H]1c1cccc2nonc12. The molecule has 1 aliphatic rings. The van der Waals surface area contributed by atoms with Crippen LogP contribution in [0.5, 0.6) is 0 Å². The van der Waals surface area contributed by atoms with Crippen molar-refractivity contribution in [1.29, 1.82) is 0 Å². The van der Waals surface area contributed by atoms with Crippen LogP contribution in [0.4, 0.5) is 0 Å². The van der Waals surface area contributed by atoms with Gasteiger partial charge in [0.25, 0.3) is 0 Å². The minimum absolute atomic E-state index is 0.0523. The molecule has 8 nitrogen and oxygen atoms in total. The number of fused-ring (bicyclic) bond motifs is 1. The second kappa shape index (κ2) is 5.80. The summed E-state index contributed by atoms with van der Waals surface area (Å²) in [5.41, 5.74) is 2.66. The molecule has 0 aliphatic carbocycles. The summed E-state index contributed by atoms with van der Waals surface area (Å²) in [7, 11) is 1.25. The number of carboxylic acid groups (broad SMARTS) is 1. The van der Waals surface area contributed by atoms with Gasteiger partial charge in [0, 0.05) is 11.4 Å². The normalized spacial score (nSPS) is 17.9. The number of methoxy groups -OCH3 is 1. The van der Waals surface area contributed by atoms with Gasteiger partial charge in [-0.3, -0.25) is 0 Å². The Morgan fingerprint density at radius 2 is 1.92 bits per heavy atom. The number of ether oxygens (including phenoxy) is 1. The lowest BCUT2D eigenvalue weighted by molar-refractivity contribution is -0.136. The molecule has 2 aromatic rings. The van der Waals surface area contributed by atoms with Crippen molar-refractivity contribution in [1.82, 2.24) is 15.6 Å². The number of carboxylic acids is 1. The van der Waals surface area contributed by atoms with Crippen molar-refractivity contribution < 1.29 is 24.1 Å². The largest absolute Gasteiger partial charge is 0.478 e. The third-order valence-corrected chi connectivity index (χ3v) is 4.02. The molecule has 0 unspecified atom stereocenters. The Kier molecular flexibility index (Phi) is 3.80. The maximum atomic E-state index is 12.3. The molecule has 0 fully saturated rings. The average molecular weight is 329 g/mol. The number of dihydropyridines is 1. The Balaban J connectivity index is 2.32. The zero-order chi connectivity index (χ0) is 17.4. The fraction of sp³-hybridized carbons (Fsp3) is 0.250. The Morgan fingerprint density at radius 3 is 2.58 bits per heavy atom. The molecule has 0 spiro atoms. The van der Waals surface area contributed by atoms with Gasteiger partial charge < -0.3 is 15.2 Å². The summed E-state index contributed by atoms with van der Waals surface area (Å²) in [6, 6.07) is 5.11. The molecule has 1 aromatic heterocycles. The van der Waals surface area contributed by atoms with Crippen LogP contribution in [0.2, 0.25) is 0 Å². The highest BCUT2D eigenvalue weighted by atomic mass is 16.6. The number of allylic oxidation sites excluding steroid dienone is 2. The van der Waals surface area contributed by atoms with Crippen molar-refractivity contribution in [2.24, 2.45) is 0 Å². The van der Waals surface area contributed by atoms with Gasteiger partial charge in [-0.2, -0.15) is 0 Å². The second-order valence-electron chi connectivity index (χ2n) is 5.41. The van der Waals surface area contributed by atoms with Crippen molar-refractivity contribution >= 4 is 23.0 Å². The molecule has 3 rings (SSSR count). The predicted molar refractivity (Wildman–Crippen MR) is 82.7 cm³/mol. The number of hydrogen-bond donors (Lipinski definition) is 2. The monoisotopic (exact) mass is 329 g/mol. The molecule has 0 bridgehead atoms. The van der Waals surface area contributed by atoms with Gasteiger partial charge >= 0.3 is 11.9 Å². The highest BCUT2D eigenvalue weighted by molar-refractivity contribution is 6.00. The van der Waals surface area contributed by atoms with Gasteiger partial charge in [-0.1, -0.05) is 12.1 Å². The Bertz CT molecular complexity index is 909. The summed E-state index contributed by atoms with van der Waals surface area (Å²) >= 11 is 0. The number of aliphatic carboxylic acids is 1. The van der Waals surface area contributed by atoms with Gasteiger partial charge in [0.1, 0.15) is 11.0 Å². The molecule has 24 heavy (non-hydrogen) atoms. The van der Waals surface area contributed by atoms with Crippen LogP contribution in [-0.4, -0.2) is 34.5 Å². The molecule has 2 heterocycles. The molecular weight excluding hydrogens is 314 g/mol. The van der Waals surface area contributed by atoms with E-state index in [1.165, 1.54) is 7.11 Å². The molecular formula is C16H15N3O5. The molecule has 0 saturated carbocycles.